The molecule has 1 aliphatic heterocycles. The second-order valence-electron chi connectivity index (χ2n) is 5.70. The standard InChI is InChI=1S/C19H15BrN2O5S/c1-26-12-5-3-11(4-6-12)22-18(25)13(17(24)21-19(22)28)7-10-8-16(27-2)15(23)9-14(10)20/h3-9,23H,1-2H3,(H,21,24,28)/b13-7+. The van der Waals surface area contributed by atoms with Gasteiger partial charge in [0.05, 0.1) is 19.9 Å². The lowest BCUT2D eigenvalue weighted by Gasteiger charge is -2.29. The molecule has 144 valence electrons. The van der Waals surface area contributed by atoms with E-state index in [2.05, 4.69) is 21.2 Å². The van der Waals surface area contributed by atoms with Crippen LogP contribution in [0.4, 0.5) is 5.69 Å². The predicted octanol–water partition coefficient (Wildman–Crippen LogP) is 3.00. The summed E-state index contributed by atoms with van der Waals surface area (Å²) in [4.78, 5) is 26.6. The average Bonchev–Trinajstić information content (AvgIpc) is 2.67. The van der Waals surface area contributed by atoms with Crippen LogP contribution in [0.3, 0.4) is 0 Å². The fourth-order valence-corrected chi connectivity index (χ4v) is 3.34. The molecule has 1 saturated heterocycles. The van der Waals surface area contributed by atoms with E-state index < -0.39 is 11.8 Å². The summed E-state index contributed by atoms with van der Waals surface area (Å²) in [5, 5.41) is 12.3. The normalized spacial score (nSPS) is 15.6. The van der Waals surface area contributed by atoms with Gasteiger partial charge in [0.1, 0.15) is 11.3 Å². The molecule has 0 radical (unpaired) electrons. The number of hydrogen-bond acceptors (Lipinski definition) is 6. The lowest BCUT2D eigenvalue weighted by Crippen LogP contribution is -2.54. The van der Waals surface area contributed by atoms with Crippen LogP contribution in [0.2, 0.25) is 0 Å². The highest BCUT2D eigenvalue weighted by Gasteiger charge is 2.34. The third-order valence-electron chi connectivity index (χ3n) is 4.03. The number of phenolic OH excluding ortho intramolecular Hbond substituents is 1. The van der Waals surface area contributed by atoms with E-state index in [4.69, 9.17) is 21.7 Å². The van der Waals surface area contributed by atoms with Crippen LogP contribution in [0, 0.1) is 0 Å². The van der Waals surface area contributed by atoms with Crippen molar-refractivity contribution in [1.29, 1.82) is 0 Å². The Balaban J connectivity index is 2.03. The van der Waals surface area contributed by atoms with Gasteiger partial charge in [-0.3, -0.25) is 19.8 Å². The first-order chi connectivity index (χ1) is 13.3. The van der Waals surface area contributed by atoms with Crippen molar-refractivity contribution >= 4 is 56.8 Å². The van der Waals surface area contributed by atoms with E-state index in [0.29, 0.717) is 21.5 Å². The second kappa shape index (κ2) is 7.99. The van der Waals surface area contributed by atoms with Gasteiger partial charge in [-0.1, -0.05) is 15.9 Å². The fraction of sp³-hybridized carbons (Fsp3) is 0.105. The number of nitrogens with one attached hydrogen (secondary N) is 1. The Morgan fingerprint density at radius 3 is 2.43 bits per heavy atom. The Hall–Kier alpha value is -2.91. The molecule has 2 amide bonds. The highest BCUT2D eigenvalue weighted by atomic mass is 79.9. The molecule has 1 fully saturated rings. The van der Waals surface area contributed by atoms with Gasteiger partial charge in [0.15, 0.2) is 16.6 Å². The van der Waals surface area contributed by atoms with Crippen molar-refractivity contribution in [2.75, 3.05) is 19.1 Å². The van der Waals surface area contributed by atoms with E-state index in [1.165, 1.54) is 37.3 Å². The number of ether oxygens (including phenoxy) is 2. The van der Waals surface area contributed by atoms with E-state index in [1.54, 1.807) is 24.3 Å². The fourth-order valence-electron chi connectivity index (χ4n) is 2.61. The summed E-state index contributed by atoms with van der Waals surface area (Å²) in [7, 11) is 2.94. The van der Waals surface area contributed by atoms with Gasteiger partial charge >= 0.3 is 0 Å². The molecule has 1 heterocycles. The number of benzene rings is 2. The summed E-state index contributed by atoms with van der Waals surface area (Å²) in [6.45, 7) is 0. The molecule has 2 aromatic rings. The third-order valence-corrected chi connectivity index (χ3v) is 5.00. The number of amides is 2. The monoisotopic (exact) mass is 462 g/mol. The first kappa shape index (κ1) is 19.8. The molecule has 7 nitrogen and oxygen atoms in total. The van der Waals surface area contributed by atoms with Crippen molar-refractivity contribution in [2.45, 2.75) is 0 Å². The van der Waals surface area contributed by atoms with Crippen molar-refractivity contribution in [1.82, 2.24) is 5.32 Å². The minimum Gasteiger partial charge on any atom is -0.504 e. The molecule has 0 aromatic heterocycles. The summed E-state index contributed by atoms with van der Waals surface area (Å²) in [6.07, 6.45) is 1.40. The van der Waals surface area contributed by atoms with Crippen LogP contribution < -0.4 is 19.7 Å². The van der Waals surface area contributed by atoms with E-state index in [1.807, 2.05) is 0 Å². The Bertz CT molecular complexity index is 1000. The van der Waals surface area contributed by atoms with Gasteiger partial charge in [0.2, 0.25) is 0 Å². The number of aromatic hydroxyl groups is 1. The predicted molar refractivity (Wildman–Crippen MR) is 112 cm³/mol. The van der Waals surface area contributed by atoms with Crippen LogP contribution in [0.15, 0.2) is 46.4 Å². The van der Waals surface area contributed by atoms with E-state index >= 15 is 0 Å². The van der Waals surface area contributed by atoms with Crippen molar-refractivity contribution in [3.63, 3.8) is 0 Å². The molecule has 3 rings (SSSR count). The van der Waals surface area contributed by atoms with Crippen molar-refractivity contribution in [2.24, 2.45) is 0 Å². The van der Waals surface area contributed by atoms with Crippen LogP contribution >= 0.6 is 28.1 Å². The largest absolute Gasteiger partial charge is 0.504 e. The van der Waals surface area contributed by atoms with Crippen LogP contribution in [0.1, 0.15) is 5.56 Å². The van der Waals surface area contributed by atoms with Gasteiger partial charge in [0, 0.05) is 4.47 Å². The maximum Gasteiger partial charge on any atom is 0.270 e. The highest BCUT2D eigenvalue weighted by molar-refractivity contribution is 9.10. The molecule has 1 aliphatic rings. The number of phenols is 1. The minimum atomic E-state index is -0.612. The molecule has 9 heteroatoms. The quantitative estimate of drug-likeness (QED) is 0.412. The molecule has 0 spiro atoms. The van der Waals surface area contributed by atoms with Crippen LogP contribution in [-0.4, -0.2) is 36.3 Å². The summed E-state index contributed by atoms with van der Waals surface area (Å²) in [5.74, 6) is -0.422. The van der Waals surface area contributed by atoms with Gasteiger partial charge in [-0.2, -0.15) is 0 Å². The first-order valence-electron chi connectivity index (χ1n) is 7.97. The first-order valence-corrected chi connectivity index (χ1v) is 9.18. The van der Waals surface area contributed by atoms with Crippen molar-refractivity contribution in [3.8, 4) is 17.2 Å². The number of carbonyl (C=O) groups is 2. The number of halogens is 1. The Morgan fingerprint density at radius 2 is 1.82 bits per heavy atom. The van der Waals surface area contributed by atoms with Crippen LogP contribution in [-0.2, 0) is 9.59 Å². The molecule has 0 bridgehead atoms. The van der Waals surface area contributed by atoms with Crippen molar-refractivity contribution in [3.05, 3.63) is 52.0 Å². The number of hydrogen-bond donors (Lipinski definition) is 2. The van der Waals surface area contributed by atoms with Gasteiger partial charge in [0.25, 0.3) is 11.8 Å². The van der Waals surface area contributed by atoms with Gasteiger partial charge < -0.3 is 14.6 Å². The zero-order valence-electron chi connectivity index (χ0n) is 14.9. The van der Waals surface area contributed by atoms with E-state index in [9.17, 15) is 14.7 Å². The molecule has 28 heavy (non-hydrogen) atoms. The SMILES string of the molecule is COc1ccc(N2C(=O)/C(=C/c3cc(OC)c(O)cc3Br)C(=O)NC2=S)cc1. The molecule has 0 unspecified atom stereocenters. The summed E-state index contributed by atoms with van der Waals surface area (Å²) < 4.78 is 10.7. The summed E-state index contributed by atoms with van der Waals surface area (Å²) >= 11 is 8.49. The number of thiocarbonyl (C=S) groups is 1. The number of methoxy groups -OCH3 is 2. The Morgan fingerprint density at radius 1 is 1.14 bits per heavy atom. The lowest BCUT2D eigenvalue weighted by molar-refractivity contribution is -0.122. The Kier molecular flexibility index (Phi) is 5.66. The minimum absolute atomic E-state index is 0.0142. The lowest BCUT2D eigenvalue weighted by atomic mass is 10.1. The zero-order valence-corrected chi connectivity index (χ0v) is 17.3. The van der Waals surface area contributed by atoms with Crippen LogP contribution in [0.5, 0.6) is 17.2 Å². The molecule has 0 atom stereocenters. The highest BCUT2D eigenvalue weighted by Crippen LogP contribution is 2.34. The van der Waals surface area contributed by atoms with Gasteiger partial charge in [-0.25, -0.2) is 0 Å². The zero-order chi connectivity index (χ0) is 20.4. The van der Waals surface area contributed by atoms with Crippen molar-refractivity contribution < 1.29 is 24.2 Å². The Labute approximate surface area is 174 Å². The number of anilines is 1. The molecule has 0 aliphatic carbocycles. The topological polar surface area (TPSA) is 88.1 Å². The van der Waals surface area contributed by atoms with E-state index in [0.717, 1.165) is 0 Å². The van der Waals surface area contributed by atoms with Gasteiger partial charge in [-0.05, 0) is 60.3 Å². The summed E-state index contributed by atoms with van der Waals surface area (Å²) in [5.41, 5.74) is 0.859. The summed E-state index contributed by atoms with van der Waals surface area (Å²) in [6, 6.07) is 9.63. The number of carbonyl (C=O) groups excluding carboxylic acids is 2. The molecule has 2 aromatic carbocycles. The third kappa shape index (κ3) is 3.71. The molecular weight excluding hydrogens is 448 g/mol. The average molecular weight is 463 g/mol. The molecular formula is C19H15BrN2O5S. The van der Waals surface area contributed by atoms with Crippen LogP contribution in [0.25, 0.3) is 6.08 Å². The molecule has 0 saturated carbocycles. The number of nitrogens with zero attached hydrogens (tertiary/aromatic N) is 1. The van der Waals surface area contributed by atoms with Gasteiger partial charge in [-0.15, -0.1) is 0 Å². The molecule has 2 N–H and O–H groups in total. The maximum atomic E-state index is 13.0. The maximum absolute atomic E-state index is 13.0. The second-order valence-corrected chi connectivity index (χ2v) is 6.94. The smallest absolute Gasteiger partial charge is 0.270 e. The van der Waals surface area contributed by atoms with E-state index in [-0.39, 0.29) is 22.2 Å². The number of rotatable bonds is 4.